The van der Waals surface area contributed by atoms with Gasteiger partial charge in [-0.1, -0.05) is 44.2 Å². The Morgan fingerprint density at radius 1 is 1.23 bits per heavy atom. The van der Waals surface area contributed by atoms with Crippen LogP contribution in [-0.2, 0) is 12.8 Å². The van der Waals surface area contributed by atoms with Crippen molar-refractivity contribution < 1.29 is 0 Å². The van der Waals surface area contributed by atoms with Crippen molar-refractivity contribution >= 4 is 17.7 Å². The maximum Gasteiger partial charge on any atom is 0.0441 e. The molecule has 0 unspecified atom stereocenters. The van der Waals surface area contributed by atoms with Gasteiger partial charge in [-0.25, -0.2) is 0 Å². The predicted octanol–water partition coefficient (Wildman–Crippen LogP) is 4.11. The lowest BCUT2D eigenvalue weighted by atomic mass is 9.97. The highest BCUT2D eigenvalue weighted by Crippen LogP contribution is 2.25. The molecule has 0 heterocycles. The van der Waals surface area contributed by atoms with Crippen molar-refractivity contribution in [3.8, 4) is 0 Å². The summed E-state index contributed by atoms with van der Waals surface area (Å²) >= 11 is 6.10. The van der Waals surface area contributed by atoms with E-state index < -0.39 is 0 Å². The monoisotopic (exact) mass is 194 g/mol. The van der Waals surface area contributed by atoms with E-state index in [4.69, 9.17) is 11.6 Å². The molecular formula is C12H15Cl. The fourth-order valence-corrected chi connectivity index (χ4v) is 1.98. The van der Waals surface area contributed by atoms with Gasteiger partial charge >= 0.3 is 0 Å². The van der Waals surface area contributed by atoms with E-state index in [1.807, 2.05) is 18.2 Å². The third kappa shape index (κ3) is 1.94. The smallest absolute Gasteiger partial charge is 0.0441 e. The largest absolute Gasteiger partial charge is 0.0985 e. The van der Waals surface area contributed by atoms with Crippen LogP contribution in [0.3, 0.4) is 0 Å². The van der Waals surface area contributed by atoms with Gasteiger partial charge in [0.05, 0.1) is 0 Å². The lowest BCUT2D eigenvalue weighted by Gasteiger charge is -2.11. The summed E-state index contributed by atoms with van der Waals surface area (Å²) in [6.07, 6.45) is 3.91. The first-order chi connectivity index (χ1) is 6.24. The van der Waals surface area contributed by atoms with E-state index in [9.17, 15) is 0 Å². The van der Waals surface area contributed by atoms with Crippen LogP contribution < -0.4 is 0 Å². The summed E-state index contributed by atoms with van der Waals surface area (Å²) < 4.78 is 0. The van der Waals surface area contributed by atoms with Crippen LogP contribution >= 0.6 is 11.6 Å². The second-order valence-electron chi connectivity index (χ2n) is 3.00. The molecule has 0 saturated heterocycles. The first-order valence-electron chi connectivity index (χ1n) is 4.67. The summed E-state index contributed by atoms with van der Waals surface area (Å²) in [5.74, 6) is 0. The van der Waals surface area contributed by atoms with Gasteiger partial charge in [-0.05, 0) is 35.6 Å². The van der Waals surface area contributed by atoms with Crippen molar-refractivity contribution in [1.82, 2.24) is 0 Å². The van der Waals surface area contributed by atoms with Gasteiger partial charge in [0.2, 0.25) is 0 Å². The molecule has 0 fully saturated rings. The molecule has 13 heavy (non-hydrogen) atoms. The van der Waals surface area contributed by atoms with Crippen LogP contribution in [0.5, 0.6) is 0 Å². The van der Waals surface area contributed by atoms with Gasteiger partial charge in [0.25, 0.3) is 0 Å². The molecule has 0 saturated carbocycles. The molecule has 0 aliphatic heterocycles. The van der Waals surface area contributed by atoms with Crippen LogP contribution in [0.1, 0.15) is 30.5 Å². The minimum absolute atomic E-state index is 0.880. The van der Waals surface area contributed by atoms with Gasteiger partial charge in [0.15, 0.2) is 0 Å². The molecule has 1 rings (SSSR count). The van der Waals surface area contributed by atoms with Crippen LogP contribution in [-0.4, -0.2) is 0 Å². The van der Waals surface area contributed by atoms with Gasteiger partial charge in [-0.3, -0.25) is 0 Å². The highest BCUT2D eigenvalue weighted by atomic mass is 35.5. The molecule has 0 aliphatic rings. The standard InChI is InChI=1S/C12H15Cl/c1-4-9-7-8-12(13)11(6-3)10(9)5-2/h4,7-8H,1,5-6H2,2-3H3. The molecule has 0 nitrogen and oxygen atoms in total. The molecule has 0 aromatic heterocycles. The van der Waals surface area contributed by atoms with Crippen molar-refractivity contribution in [3.05, 3.63) is 40.4 Å². The van der Waals surface area contributed by atoms with E-state index in [2.05, 4.69) is 20.4 Å². The zero-order chi connectivity index (χ0) is 9.84. The number of halogens is 1. The lowest BCUT2D eigenvalue weighted by molar-refractivity contribution is 1.03. The molecule has 1 aromatic rings. The molecule has 70 valence electrons. The summed E-state index contributed by atoms with van der Waals surface area (Å²) in [4.78, 5) is 0. The molecule has 0 aliphatic carbocycles. The van der Waals surface area contributed by atoms with E-state index >= 15 is 0 Å². The lowest BCUT2D eigenvalue weighted by Crippen LogP contribution is -1.95. The van der Waals surface area contributed by atoms with Crippen LogP contribution in [0, 0.1) is 0 Å². The van der Waals surface area contributed by atoms with Crippen molar-refractivity contribution in [2.45, 2.75) is 26.7 Å². The van der Waals surface area contributed by atoms with Crippen LogP contribution in [0.4, 0.5) is 0 Å². The topological polar surface area (TPSA) is 0 Å². The molecule has 0 bridgehead atoms. The Labute approximate surface area is 85.2 Å². The van der Waals surface area contributed by atoms with Crippen molar-refractivity contribution in [3.63, 3.8) is 0 Å². The minimum atomic E-state index is 0.880. The first-order valence-corrected chi connectivity index (χ1v) is 5.05. The molecule has 1 heteroatoms. The SMILES string of the molecule is C=Cc1ccc(Cl)c(CC)c1CC. The van der Waals surface area contributed by atoms with Crippen LogP contribution in [0.25, 0.3) is 6.08 Å². The molecule has 0 spiro atoms. The Morgan fingerprint density at radius 2 is 1.85 bits per heavy atom. The van der Waals surface area contributed by atoms with Gasteiger partial charge < -0.3 is 0 Å². The van der Waals surface area contributed by atoms with Gasteiger partial charge in [0, 0.05) is 5.02 Å². The zero-order valence-corrected chi connectivity index (χ0v) is 8.99. The average molecular weight is 195 g/mol. The van der Waals surface area contributed by atoms with Crippen molar-refractivity contribution in [1.29, 1.82) is 0 Å². The maximum atomic E-state index is 6.10. The Hall–Kier alpha value is -0.750. The maximum absolute atomic E-state index is 6.10. The molecule has 0 atom stereocenters. The predicted molar refractivity (Wildman–Crippen MR) is 60.3 cm³/mol. The normalized spacial score (nSPS) is 10.1. The van der Waals surface area contributed by atoms with Crippen molar-refractivity contribution in [2.75, 3.05) is 0 Å². The summed E-state index contributed by atoms with van der Waals surface area (Å²) in [5.41, 5.74) is 3.82. The van der Waals surface area contributed by atoms with Gasteiger partial charge in [-0.2, -0.15) is 0 Å². The summed E-state index contributed by atoms with van der Waals surface area (Å²) in [5, 5.41) is 0.880. The Balaban J connectivity index is 3.35. The number of hydrogen-bond acceptors (Lipinski definition) is 0. The number of rotatable bonds is 3. The summed E-state index contributed by atoms with van der Waals surface area (Å²) in [6.45, 7) is 8.08. The van der Waals surface area contributed by atoms with Gasteiger partial charge in [0.1, 0.15) is 0 Å². The average Bonchev–Trinajstić information content (AvgIpc) is 2.17. The van der Waals surface area contributed by atoms with E-state index in [0.717, 1.165) is 17.9 Å². The molecule has 1 aromatic carbocycles. The van der Waals surface area contributed by atoms with E-state index in [1.165, 1.54) is 16.7 Å². The van der Waals surface area contributed by atoms with E-state index in [-0.39, 0.29) is 0 Å². The quantitative estimate of drug-likeness (QED) is 0.680. The fourth-order valence-electron chi connectivity index (χ4n) is 1.67. The number of benzene rings is 1. The molecule has 0 N–H and O–H groups in total. The third-order valence-corrected chi connectivity index (χ3v) is 2.69. The molecule has 0 amide bonds. The Bertz CT molecular complexity index is 313. The van der Waals surface area contributed by atoms with Gasteiger partial charge in [-0.15, -0.1) is 0 Å². The van der Waals surface area contributed by atoms with Crippen LogP contribution in [0.2, 0.25) is 5.02 Å². The molecule has 0 radical (unpaired) electrons. The number of hydrogen-bond donors (Lipinski definition) is 0. The highest BCUT2D eigenvalue weighted by molar-refractivity contribution is 6.31. The zero-order valence-electron chi connectivity index (χ0n) is 8.23. The van der Waals surface area contributed by atoms with E-state index in [0.29, 0.717) is 0 Å². The summed E-state index contributed by atoms with van der Waals surface area (Å²) in [7, 11) is 0. The second kappa shape index (κ2) is 4.48. The second-order valence-corrected chi connectivity index (χ2v) is 3.41. The van der Waals surface area contributed by atoms with E-state index in [1.54, 1.807) is 0 Å². The van der Waals surface area contributed by atoms with Crippen molar-refractivity contribution in [2.24, 2.45) is 0 Å². The minimum Gasteiger partial charge on any atom is -0.0985 e. The molecular weight excluding hydrogens is 180 g/mol. The fraction of sp³-hybridized carbons (Fsp3) is 0.333. The highest BCUT2D eigenvalue weighted by Gasteiger charge is 2.06. The Morgan fingerprint density at radius 3 is 2.31 bits per heavy atom. The first kappa shape index (κ1) is 10.3. The summed E-state index contributed by atoms with van der Waals surface area (Å²) in [6, 6.07) is 3.99. The van der Waals surface area contributed by atoms with Crippen LogP contribution in [0.15, 0.2) is 18.7 Å². The third-order valence-electron chi connectivity index (χ3n) is 2.34. The Kier molecular flexibility index (Phi) is 3.56.